The van der Waals surface area contributed by atoms with Crippen LogP contribution in [0.1, 0.15) is 6.42 Å². The van der Waals surface area contributed by atoms with Gasteiger partial charge >= 0.3 is 6.03 Å². The maximum atomic E-state index is 12.5. The van der Waals surface area contributed by atoms with E-state index in [-0.39, 0.29) is 6.03 Å². The zero-order valence-corrected chi connectivity index (χ0v) is 13.4. The molecule has 0 aliphatic carbocycles. The van der Waals surface area contributed by atoms with Gasteiger partial charge in [0, 0.05) is 18.0 Å². The lowest BCUT2D eigenvalue weighted by Crippen LogP contribution is -2.33. The second-order valence-corrected chi connectivity index (χ2v) is 6.80. The summed E-state index contributed by atoms with van der Waals surface area (Å²) >= 11 is 2.23. The first-order valence-corrected chi connectivity index (χ1v) is 8.96. The van der Waals surface area contributed by atoms with E-state index in [0.717, 1.165) is 25.3 Å². The van der Waals surface area contributed by atoms with E-state index in [9.17, 15) is 13.6 Å². The van der Waals surface area contributed by atoms with Gasteiger partial charge in [-0.2, -0.15) is 20.5 Å². The van der Waals surface area contributed by atoms with Crippen molar-refractivity contribution in [2.45, 2.75) is 17.1 Å². The van der Waals surface area contributed by atoms with Gasteiger partial charge in [-0.05, 0) is 36.5 Å². The summed E-state index contributed by atoms with van der Waals surface area (Å²) in [4.78, 5) is 14.4. The molecule has 2 amide bonds. The monoisotopic (exact) mass is 332 g/mol. The fourth-order valence-electron chi connectivity index (χ4n) is 2.35. The van der Waals surface area contributed by atoms with Gasteiger partial charge in [-0.25, -0.2) is 4.79 Å². The molecule has 1 saturated heterocycles. The Hall–Kier alpha value is -0.950. The number of halogens is 2. The topological polar surface area (TPSA) is 32.3 Å². The number of benzene rings is 1. The molecule has 7 heteroatoms. The average Bonchev–Trinajstić information content (AvgIpc) is 2.89. The van der Waals surface area contributed by atoms with E-state index >= 15 is 0 Å². The molecule has 2 rings (SSSR count). The molecule has 0 unspecified atom stereocenters. The van der Waals surface area contributed by atoms with Crippen molar-refractivity contribution in [2.24, 2.45) is 5.92 Å². The largest absolute Gasteiger partial charge is 0.324 e. The summed E-state index contributed by atoms with van der Waals surface area (Å²) in [5.74, 6) is -0.932. The van der Waals surface area contributed by atoms with Crippen LogP contribution in [-0.2, 0) is 0 Å². The van der Waals surface area contributed by atoms with Crippen LogP contribution in [0.15, 0.2) is 29.2 Å². The van der Waals surface area contributed by atoms with Gasteiger partial charge in [-0.3, -0.25) is 0 Å². The number of hydrogen-bond donors (Lipinski definition) is 1. The van der Waals surface area contributed by atoms with Gasteiger partial charge in [-0.15, -0.1) is 0 Å². The summed E-state index contributed by atoms with van der Waals surface area (Å²) < 4.78 is 25.0. The number of amides is 2. The van der Waals surface area contributed by atoms with Crippen molar-refractivity contribution < 1.29 is 13.6 Å². The molecule has 3 nitrogen and oxygen atoms in total. The number of para-hydroxylation sites is 1. The molecule has 21 heavy (non-hydrogen) atoms. The number of hydrogen-bond acceptors (Lipinski definition) is 3. The Kier molecular flexibility index (Phi) is 6.17. The highest BCUT2D eigenvalue weighted by Crippen LogP contribution is 2.32. The zero-order valence-electron chi connectivity index (χ0n) is 11.7. The summed E-state index contributed by atoms with van der Waals surface area (Å²) in [5, 5.41) is 2.75. The van der Waals surface area contributed by atoms with E-state index in [2.05, 4.69) is 11.6 Å². The van der Waals surface area contributed by atoms with Crippen LogP contribution in [-0.4, -0.2) is 41.8 Å². The average molecular weight is 332 g/mol. The Labute approximate surface area is 131 Å². The molecule has 1 aromatic carbocycles. The van der Waals surface area contributed by atoms with Crippen molar-refractivity contribution in [3.05, 3.63) is 24.3 Å². The first kappa shape index (κ1) is 16.4. The first-order chi connectivity index (χ1) is 10.1. The predicted octanol–water partition coefficient (Wildman–Crippen LogP) is 4.22. The van der Waals surface area contributed by atoms with Gasteiger partial charge in [0.2, 0.25) is 0 Å². The Morgan fingerprint density at radius 1 is 1.48 bits per heavy atom. The molecule has 0 spiro atoms. The number of urea groups is 1. The van der Waals surface area contributed by atoms with Crippen molar-refractivity contribution in [1.29, 1.82) is 0 Å². The lowest BCUT2D eigenvalue weighted by Gasteiger charge is -2.18. The molecule has 1 atom stereocenters. The van der Waals surface area contributed by atoms with Crippen LogP contribution in [0.2, 0.25) is 0 Å². The van der Waals surface area contributed by atoms with Gasteiger partial charge in [-0.1, -0.05) is 23.9 Å². The van der Waals surface area contributed by atoms with E-state index in [1.807, 2.05) is 0 Å². The summed E-state index contributed by atoms with van der Waals surface area (Å²) in [6, 6.07) is 6.45. The lowest BCUT2D eigenvalue weighted by molar-refractivity contribution is 0.221. The SMILES string of the molecule is CSC[C@@H]1CCN(C(=O)Nc2ccccc2SC(F)F)C1. The van der Waals surface area contributed by atoms with Crippen LogP contribution in [0, 0.1) is 5.92 Å². The first-order valence-electron chi connectivity index (χ1n) is 6.69. The Morgan fingerprint density at radius 2 is 2.24 bits per heavy atom. The molecule has 0 aromatic heterocycles. The summed E-state index contributed by atoms with van der Waals surface area (Å²) in [6.07, 6.45) is 3.06. The van der Waals surface area contributed by atoms with Crippen molar-refractivity contribution in [3.8, 4) is 0 Å². The number of nitrogens with one attached hydrogen (secondary N) is 1. The highest BCUT2D eigenvalue weighted by atomic mass is 32.2. The standard InChI is InChI=1S/C14H18F2N2OS2/c1-20-9-10-6-7-18(8-10)14(19)17-11-4-2-3-5-12(11)21-13(15)16/h2-5,10,13H,6-9H2,1H3,(H,17,19)/t10-/m1/s1. The minimum Gasteiger partial charge on any atom is -0.324 e. The van der Waals surface area contributed by atoms with Crippen LogP contribution in [0.5, 0.6) is 0 Å². The normalized spacial score (nSPS) is 18.3. The third kappa shape index (κ3) is 4.78. The molecule has 0 saturated carbocycles. The molecule has 1 heterocycles. The quantitative estimate of drug-likeness (QED) is 0.820. The minimum atomic E-state index is -2.50. The number of thioether (sulfide) groups is 2. The number of carbonyl (C=O) groups excluding carboxylic acids is 1. The number of anilines is 1. The molecule has 1 aliphatic rings. The van der Waals surface area contributed by atoms with Crippen molar-refractivity contribution in [2.75, 3.05) is 30.4 Å². The molecule has 1 fully saturated rings. The summed E-state index contributed by atoms with van der Waals surface area (Å²) in [7, 11) is 0. The van der Waals surface area contributed by atoms with Crippen LogP contribution in [0.25, 0.3) is 0 Å². The van der Waals surface area contributed by atoms with Gasteiger partial charge in [0.1, 0.15) is 0 Å². The van der Waals surface area contributed by atoms with E-state index in [1.165, 1.54) is 0 Å². The van der Waals surface area contributed by atoms with Crippen molar-refractivity contribution >= 4 is 35.2 Å². The lowest BCUT2D eigenvalue weighted by atomic mass is 10.2. The van der Waals surface area contributed by atoms with Crippen molar-refractivity contribution in [1.82, 2.24) is 4.90 Å². The van der Waals surface area contributed by atoms with Crippen LogP contribution in [0.4, 0.5) is 19.3 Å². The number of nitrogens with zero attached hydrogens (tertiary/aromatic N) is 1. The smallest absolute Gasteiger partial charge is 0.321 e. The maximum Gasteiger partial charge on any atom is 0.321 e. The predicted molar refractivity (Wildman–Crippen MR) is 85.4 cm³/mol. The number of likely N-dealkylation sites (tertiary alicyclic amines) is 1. The fraction of sp³-hybridized carbons (Fsp3) is 0.500. The van der Waals surface area contributed by atoms with E-state index in [4.69, 9.17) is 0 Å². The molecular formula is C14H18F2N2OS2. The molecule has 1 aromatic rings. The van der Waals surface area contributed by atoms with Crippen molar-refractivity contribution in [3.63, 3.8) is 0 Å². The summed E-state index contributed by atoms with van der Waals surface area (Å²) in [6.45, 7) is 1.46. The molecule has 1 N–H and O–H groups in total. The Balaban J connectivity index is 1.97. The Morgan fingerprint density at radius 3 is 2.95 bits per heavy atom. The maximum absolute atomic E-state index is 12.5. The second-order valence-electron chi connectivity index (χ2n) is 4.86. The molecular weight excluding hydrogens is 314 g/mol. The molecule has 0 bridgehead atoms. The van der Waals surface area contributed by atoms with Gasteiger partial charge in [0.15, 0.2) is 0 Å². The number of alkyl halides is 2. The number of rotatable bonds is 5. The summed E-state index contributed by atoms with van der Waals surface area (Å²) in [5.41, 5.74) is 0.445. The van der Waals surface area contributed by atoms with Crippen LogP contribution in [0.3, 0.4) is 0 Å². The van der Waals surface area contributed by atoms with Crippen LogP contribution >= 0.6 is 23.5 Å². The second kappa shape index (κ2) is 7.89. The fourth-order valence-corrected chi connectivity index (χ4v) is 3.69. The third-order valence-corrected chi connectivity index (χ3v) is 4.91. The molecule has 0 radical (unpaired) electrons. The molecule has 1 aliphatic heterocycles. The third-order valence-electron chi connectivity index (χ3n) is 3.32. The van der Waals surface area contributed by atoms with Gasteiger partial charge < -0.3 is 10.2 Å². The molecule has 116 valence electrons. The van der Waals surface area contributed by atoms with E-state index < -0.39 is 5.76 Å². The van der Waals surface area contributed by atoms with E-state index in [0.29, 0.717) is 28.3 Å². The van der Waals surface area contributed by atoms with Gasteiger partial charge in [0.05, 0.1) is 5.69 Å². The highest BCUT2D eigenvalue weighted by Gasteiger charge is 2.26. The highest BCUT2D eigenvalue weighted by molar-refractivity contribution is 7.99. The van der Waals surface area contributed by atoms with E-state index in [1.54, 1.807) is 40.9 Å². The number of carbonyl (C=O) groups is 1. The zero-order chi connectivity index (χ0) is 15.2. The minimum absolute atomic E-state index is 0.207. The van der Waals surface area contributed by atoms with Gasteiger partial charge in [0.25, 0.3) is 5.76 Å². The van der Waals surface area contributed by atoms with Crippen LogP contribution < -0.4 is 5.32 Å². The Bertz CT molecular complexity index is 488.